The molecule has 4 rings (SSSR count). The zero-order chi connectivity index (χ0) is 21.8. The summed E-state index contributed by atoms with van der Waals surface area (Å²) in [5, 5.41) is 16.6. The van der Waals surface area contributed by atoms with Crippen molar-refractivity contribution < 1.29 is 9.90 Å². The van der Waals surface area contributed by atoms with E-state index in [0.29, 0.717) is 30.1 Å². The number of β-amino-alcohol motifs (C(OH)–C–C–N with tert-alkyl or cyclic N) is 1. The molecule has 0 unspecified atom stereocenters. The molecule has 0 bridgehead atoms. The van der Waals surface area contributed by atoms with Gasteiger partial charge in [0.05, 0.1) is 12.1 Å². The molecule has 1 fully saturated rings. The van der Waals surface area contributed by atoms with Crippen LogP contribution in [0.4, 0.5) is 5.82 Å². The summed E-state index contributed by atoms with van der Waals surface area (Å²) >= 11 is 0. The van der Waals surface area contributed by atoms with Gasteiger partial charge in [0, 0.05) is 51.4 Å². The number of hydrogen-bond donors (Lipinski definition) is 3. The molecule has 166 valence electrons. The van der Waals surface area contributed by atoms with Gasteiger partial charge in [0.15, 0.2) is 0 Å². The number of aliphatic hydroxyl groups excluding tert-OH is 1. The summed E-state index contributed by atoms with van der Waals surface area (Å²) in [6, 6.07) is 11.0. The van der Waals surface area contributed by atoms with Crippen LogP contribution < -0.4 is 10.6 Å². The highest BCUT2D eigenvalue weighted by molar-refractivity contribution is 5.92. The number of carbonyl (C=O) groups is 1. The maximum atomic E-state index is 12.5. The van der Waals surface area contributed by atoms with Gasteiger partial charge in [0.2, 0.25) is 0 Å². The van der Waals surface area contributed by atoms with Crippen LogP contribution in [0.2, 0.25) is 0 Å². The number of likely N-dealkylation sites (tertiary alicyclic amines) is 1. The van der Waals surface area contributed by atoms with E-state index in [2.05, 4.69) is 68.5 Å². The third-order valence-corrected chi connectivity index (χ3v) is 6.07. The van der Waals surface area contributed by atoms with E-state index in [4.69, 9.17) is 0 Å². The Labute approximate surface area is 183 Å². The Hall–Kier alpha value is -2.55. The fraction of sp³-hybridized carbons (Fsp3) is 0.522. The van der Waals surface area contributed by atoms with Crippen LogP contribution >= 0.6 is 0 Å². The fourth-order valence-corrected chi connectivity index (χ4v) is 4.17. The van der Waals surface area contributed by atoms with E-state index in [-0.39, 0.29) is 12.5 Å². The molecule has 1 aromatic heterocycles. The summed E-state index contributed by atoms with van der Waals surface area (Å²) < 4.78 is 0. The molecular formula is C23H32N6O2. The Morgan fingerprint density at radius 3 is 2.77 bits per heavy atom. The molecule has 0 saturated carbocycles. The molecule has 0 spiro atoms. The summed E-state index contributed by atoms with van der Waals surface area (Å²) in [6.07, 6.45) is 1.75. The van der Waals surface area contributed by atoms with Crippen LogP contribution in [0.15, 0.2) is 36.7 Å². The molecule has 0 radical (unpaired) electrons. The first-order valence-corrected chi connectivity index (χ1v) is 11.1. The van der Waals surface area contributed by atoms with Crippen molar-refractivity contribution in [1.82, 2.24) is 25.1 Å². The van der Waals surface area contributed by atoms with Crippen LogP contribution in [-0.4, -0.2) is 81.7 Å². The van der Waals surface area contributed by atoms with Gasteiger partial charge in [-0.3, -0.25) is 14.6 Å². The number of nitrogens with zero attached hydrogens (tertiary/aromatic N) is 4. The third kappa shape index (κ3) is 5.58. The minimum Gasteiger partial charge on any atom is -0.390 e. The molecule has 1 aromatic carbocycles. The van der Waals surface area contributed by atoms with Crippen molar-refractivity contribution in [3.8, 4) is 0 Å². The first-order valence-electron chi connectivity index (χ1n) is 11.1. The van der Waals surface area contributed by atoms with Crippen LogP contribution in [0.25, 0.3) is 0 Å². The van der Waals surface area contributed by atoms with Crippen molar-refractivity contribution >= 4 is 11.7 Å². The first-order chi connectivity index (χ1) is 15.0. The summed E-state index contributed by atoms with van der Waals surface area (Å²) in [7, 11) is 0. The standard InChI is InChI=1S/C23H32N6O2/c1-16(2)29-12-19(13-29)27-22-9-21(25-15-26-22)23(31)24-10-20(30)14-28-8-7-17-5-3-4-6-18(17)11-28/h3-6,9,15-16,19-20,30H,7-8,10-14H2,1-2H3,(H,24,31)(H,25,26,27)/t20-/m0/s1. The van der Waals surface area contributed by atoms with Gasteiger partial charge in [-0.05, 0) is 31.4 Å². The number of anilines is 1. The molecule has 1 atom stereocenters. The molecule has 1 saturated heterocycles. The summed E-state index contributed by atoms with van der Waals surface area (Å²) in [4.78, 5) is 25.4. The van der Waals surface area contributed by atoms with Gasteiger partial charge in [-0.15, -0.1) is 0 Å². The number of aromatic nitrogens is 2. The Balaban J connectivity index is 1.22. The van der Waals surface area contributed by atoms with Crippen LogP contribution in [0.5, 0.6) is 0 Å². The van der Waals surface area contributed by atoms with Crippen LogP contribution in [-0.2, 0) is 13.0 Å². The molecule has 2 aliphatic heterocycles. The van der Waals surface area contributed by atoms with Crippen LogP contribution in [0.1, 0.15) is 35.5 Å². The first kappa shape index (κ1) is 21.7. The minimum atomic E-state index is -0.634. The Kier molecular flexibility index (Phi) is 6.80. The monoisotopic (exact) mass is 424 g/mol. The van der Waals surface area contributed by atoms with Crippen LogP contribution in [0, 0.1) is 0 Å². The van der Waals surface area contributed by atoms with Gasteiger partial charge >= 0.3 is 0 Å². The summed E-state index contributed by atoms with van der Waals surface area (Å²) in [5.74, 6) is 0.354. The van der Waals surface area contributed by atoms with Crippen molar-refractivity contribution in [2.45, 2.75) is 45.0 Å². The Morgan fingerprint density at radius 1 is 1.23 bits per heavy atom. The number of carbonyl (C=O) groups excluding carboxylic acids is 1. The number of nitrogens with one attached hydrogen (secondary N) is 2. The van der Waals surface area contributed by atoms with Gasteiger partial charge in [-0.25, -0.2) is 9.97 Å². The summed E-state index contributed by atoms with van der Waals surface area (Å²) in [5.41, 5.74) is 3.00. The minimum absolute atomic E-state index is 0.190. The predicted molar refractivity (Wildman–Crippen MR) is 120 cm³/mol. The van der Waals surface area contributed by atoms with Gasteiger partial charge in [0.25, 0.3) is 5.91 Å². The van der Waals surface area contributed by atoms with E-state index in [1.807, 2.05) is 0 Å². The molecule has 0 aliphatic carbocycles. The number of rotatable bonds is 8. The van der Waals surface area contributed by atoms with Gasteiger partial charge in [-0.1, -0.05) is 24.3 Å². The molecule has 2 aromatic rings. The van der Waals surface area contributed by atoms with E-state index >= 15 is 0 Å². The quantitative estimate of drug-likeness (QED) is 0.585. The van der Waals surface area contributed by atoms with Crippen molar-refractivity contribution in [3.63, 3.8) is 0 Å². The zero-order valence-electron chi connectivity index (χ0n) is 18.3. The molecule has 3 N–H and O–H groups in total. The molecule has 1 amide bonds. The lowest BCUT2D eigenvalue weighted by molar-refractivity contribution is 0.0838. The zero-order valence-corrected chi connectivity index (χ0v) is 18.3. The van der Waals surface area contributed by atoms with Crippen molar-refractivity contribution in [3.05, 3.63) is 53.5 Å². The number of aliphatic hydroxyl groups is 1. The van der Waals surface area contributed by atoms with E-state index < -0.39 is 6.10 Å². The Morgan fingerprint density at radius 2 is 2.00 bits per heavy atom. The van der Waals surface area contributed by atoms with Crippen molar-refractivity contribution in [2.75, 3.05) is 38.0 Å². The Bertz CT molecular complexity index is 899. The predicted octanol–water partition coefficient (Wildman–Crippen LogP) is 1.13. The molecule has 3 heterocycles. The van der Waals surface area contributed by atoms with Gasteiger partial charge < -0.3 is 15.7 Å². The summed E-state index contributed by atoms with van der Waals surface area (Å²) in [6.45, 7) is 8.77. The highest BCUT2D eigenvalue weighted by atomic mass is 16.3. The van der Waals surface area contributed by atoms with E-state index in [1.54, 1.807) is 6.07 Å². The largest absolute Gasteiger partial charge is 0.390 e. The smallest absolute Gasteiger partial charge is 0.270 e. The molecule has 8 heteroatoms. The maximum Gasteiger partial charge on any atom is 0.270 e. The highest BCUT2D eigenvalue weighted by Crippen LogP contribution is 2.19. The molecule has 8 nitrogen and oxygen atoms in total. The van der Waals surface area contributed by atoms with Crippen molar-refractivity contribution in [2.24, 2.45) is 0 Å². The number of hydrogen-bond acceptors (Lipinski definition) is 7. The maximum absolute atomic E-state index is 12.5. The average molecular weight is 425 g/mol. The SMILES string of the molecule is CC(C)N1CC(Nc2cc(C(=O)NC[C@H](O)CN3CCc4ccccc4C3)ncn2)C1. The normalized spacial score (nSPS) is 18.3. The van der Waals surface area contributed by atoms with E-state index in [0.717, 1.165) is 32.6 Å². The second kappa shape index (κ2) is 9.72. The fourth-order valence-electron chi connectivity index (χ4n) is 4.17. The second-order valence-electron chi connectivity index (χ2n) is 8.80. The third-order valence-electron chi connectivity index (χ3n) is 6.07. The number of amides is 1. The molecule has 31 heavy (non-hydrogen) atoms. The lowest BCUT2D eigenvalue weighted by Gasteiger charge is -2.42. The van der Waals surface area contributed by atoms with Crippen LogP contribution in [0.3, 0.4) is 0 Å². The number of fused-ring (bicyclic) bond motifs is 1. The molecule has 2 aliphatic rings. The lowest BCUT2D eigenvalue weighted by Crippen LogP contribution is -2.57. The highest BCUT2D eigenvalue weighted by Gasteiger charge is 2.28. The average Bonchev–Trinajstić information content (AvgIpc) is 2.74. The van der Waals surface area contributed by atoms with E-state index in [9.17, 15) is 9.90 Å². The topological polar surface area (TPSA) is 93.6 Å². The number of benzene rings is 1. The lowest BCUT2D eigenvalue weighted by atomic mass is 10.00. The second-order valence-corrected chi connectivity index (χ2v) is 8.80. The molecular weight excluding hydrogens is 392 g/mol. The van der Waals surface area contributed by atoms with E-state index in [1.165, 1.54) is 17.5 Å². The van der Waals surface area contributed by atoms with Gasteiger partial charge in [0.1, 0.15) is 17.8 Å². The van der Waals surface area contributed by atoms with Crippen molar-refractivity contribution in [1.29, 1.82) is 0 Å². The van der Waals surface area contributed by atoms with Gasteiger partial charge in [-0.2, -0.15) is 0 Å².